The first kappa shape index (κ1) is 21.2. The maximum absolute atomic E-state index is 12.4. The number of rotatable bonds is 10. The molecule has 0 fully saturated rings. The zero-order valence-electron chi connectivity index (χ0n) is 17.1. The van der Waals surface area contributed by atoms with Gasteiger partial charge in [0.15, 0.2) is 0 Å². The molecule has 0 radical (unpaired) electrons. The minimum absolute atomic E-state index is 0.0375. The highest BCUT2D eigenvalue weighted by molar-refractivity contribution is 6.05. The number of hydrogen-bond donors (Lipinski definition) is 3. The Labute approximate surface area is 163 Å². The van der Waals surface area contributed by atoms with Gasteiger partial charge >= 0.3 is 0 Å². The molecule has 0 spiro atoms. The Morgan fingerprint density at radius 1 is 1.22 bits per heavy atom. The molecule has 1 aliphatic rings. The lowest BCUT2D eigenvalue weighted by Crippen LogP contribution is -2.43. The van der Waals surface area contributed by atoms with Crippen LogP contribution in [0.15, 0.2) is 18.2 Å². The van der Waals surface area contributed by atoms with Crippen molar-refractivity contribution in [2.75, 3.05) is 37.3 Å². The number of nitrogens with zero attached hydrogens (tertiary/aromatic N) is 1. The van der Waals surface area contributed by atoms with E-state index in [9.17, 15) is 9.59 Å². The summed E-state index contributed by atoms with van der Waals surface area (Å²) in [4.78, 5) is 27.0. The van der Waals surface area contributed by atoms with E-state index >= 15 is 0 Å². The first-order chi connectivity index (χ1) is 13.0. The summed E-state index contributed by atoms with van der Waals surface area (Å²) in [5.41, 5.74) is 2.11. The van der Waals surface area contributed by atoms with Crippen molar-refractivity contribution in [2.45, 2.75) is 52.5 Å². The minimum atomic E-state index is -0.230. The van der Waals surface area contributed by atoms with E-state index in [0.717, 1.165) is 31.6 Å². The van der Waals surface area contributed by atoms with E-state index in [1.165, 1.54) is 12.8 Å². The Kier molecular flexibility index (Phi) is 8.10. The number of amides is 2. The number of unbranched alkanes of at least 4 members (excludes halogenated alkanes) is 1. The highest BCUT2D eigenvalue weighted by Crippen LogP contribution is 2.30. The Morgan fingerprint density at radius 3 is 2.67 bits per heavy atom. The molecule has 0 saturated heterocycles. The summed E-state index contributed by atoms with van der Waals surface area (Å²) in [5.74, 6) is 0.105. The van der Waals surface area contributed by atoms with E-state index in [-0.39, 0.29) is 23.8 Å². The lowest BCUT2D eigenvalue weighted by atomic mass is 9.95. The van der Waals surface area contributed by atoms with Gasteiger partial charge < -0.3 is 20.9 Å². The third-order valence-corrected chi connectivity index (χ3v) is 5.24. The summed E-state index contributed by atoms with van der Waals surface area (Å²) < 4.78 is 0. The second-order valence-electron chi connectivity index (χ2n) is 7.52. The van der Waals surface area contributed by atoms with Crippen LogP contribution in [0, 0.1) is 5.92 Å². The molecule has 6 heteroatoms. The van der Waals surface area contributed by atoms with Gasteiger partial charge in [-0.05, 0) is 57.1 Å². The Bertz CT molecular complexity index is 647. The van der Waals surface area contributed by atoms with Gasteiger partial charge in [-0.2, -0.15) is 0 Å². The molecular formula is C21H34N4O2. The fourth-order valence-electron chi connectivity index (χ4n) is 3.19. The monoisotopic (exact) mass is 374 g/mol. The molecule has 0 aliphatic carbocycles. The van der Waals surface area contributed by atoms with Gasteiger partial charge in [-0.25, -0.2) is 0 Å². The zero-order chi connectivity index (χ0) is 19.8. The SMILES string of the molecule is CCCCN(C)CCCNC(=O)c1ccc2c(c1)NC(=O)C(C(C)CC)N2. The number of carbonyl (C=O) groups is 2. The molecule has 0 saturated carbocycles. The fourth-order valence-corrected chi connectivity index (χ4v) is 3.19. The molecule has 0 aromatic heterocycles. The van der Waals surface area contributed by atoms with Crippen LogP contribution in [0.2, 0.25) is 0 Å². The van der Waals surface area contributed by atoms with Gasteiger partial charge in [-0.3, -0.25) is 9.59 Å². The zero-order valence-corrected chi connectivity index (χ0v) is 17.1. The first-order valence-electron chi connectivity index (χ1n) is 10.1. The molecule has 2 atom stereocenters. The van der Waals surface area contributed by atoms with Gasteiger partial charge in [-0.15, -0.1) is 0 Å². The number of nitrogens with one attached hydrogen (secondary N) is 3. The summed E-state index contributed by atoms with van der Waals surface area (Å²) in [5, 5.41) is 9.20. The van der Waals surface area contributed by atoms with Crippen LogP contribution in [0.1, 0.15) is 56.8 Å². The lowest BCUT2D eigenvalue weighted by molar-refractivity contribution is -0.118. The average Bonchev–Trinajstić information content (AvgIpc) is 2.67. The fraction of sp³-hybridized carbons (Fsp3) is 0.619. The van der Waals surface area contributed by atoms with Gasteiger partial charge in [0.25, 0.3) is 5.91 Å². The predicted molar refractivity (Wildman–Crippen MR) is 111 cm³/mol. The Balaban J connectivity index is 1.87. The molecule has 3 N–H and O–H groups in total. The van der Waals surface area contributed by atoms with Gasteiger partial charge in [0.2, 0.25) is 5.91 Å². The average molecular weight is 375 g/mol. The van der Waals surface area contributed by atoms with Crippen molar-refractivity contribution in [2.24, 2.45) is 5.92 Å². The maximum Gasteiger partial charge on any atom is 0.251 e. The third kappa shape index (κ3) is 5.96. The maximum atomic E-state index is 12.4. The van der Waals surface area contributed by atoms with Crippen molar-refractivity contribution in [3.05, 3.63) is 23.8 Å². The van der Waals surface area contributed by atoms with Crippen LogP contribution in [0.3, 0.4) is 0 Å². The Morgan fingerprint density at radius 2 is 1.96 bits per heavy atom. The third-order valence-electron chi connectivity index (χ3n) is 5.24. The van der Waals surface area contributed by atoms with Crippen molar-refractivity contribution in [1.29, 1.82) is 0 Å². The molecule has 1 aliphatic heterocycles. The van der Waals surface area contributed by atoms with Crippen LogP contribution in [0.5, 0.6) is 0 Å². The number of hydrogen-bond acceptors (Lipinski definition) is 4. The summed E-state index contributed by atoms with van der Waals surface area (Å²) >= 11 is 0. The molecule has 1 heterocycles. The topological polar surface area (TPSA) is 73.5 Å². The molecule has 27 heavy (non-hydrogen) atoms. The van der Waals surface area contributed by atoms with Crippen LogP contribution < -0.4 is 16.0 Å². The summed E-state index contributed by atoms with van der Waals surface area (Å²) in [6.45, 7) is 9.04. The van der Waals surface area contributed by atoms with E-state index < -0.39 is 0 Å². The number of benzene rings is 1. The number of carbonyl (C=O) groups excluding carboxylic acids is 2. The van der Waals surface area contributed by atoms with E-state index in [0.29, 0.717) is 17.8 Å². The number of anilines is 2. The minimum Gasteiger partial charge on any atom is -0.372 e. The van der Waals surface area contributed by atoms with E-state index in [1.54, 1.807) is 12.1 Å². The van der Waals surface area contributed by atoms with Crippen molar-refractivity contribution in [3.63, 3.8) is 0 Å². The van der Waals surface area contributed by atoms with E-state index in [2.05, 4.69) is 48.7 Å². The summed E-state index contributed by atoms with van der Waals surface area (Å²) in [6.07, 6.45) is 4.25. The second-order valence-corrected chi connectivity index (χ2v) is 7.52. The van der Waals surface area contributed by atoms with Crippen LogP contribution in [0.4, 0.5) is 11.4 Å². The lowest BCUT2D eigenvalue weighted by Gasteiger charge is -2.30. The summed E-state index contributed by atoms with van der Waals surface area (Å²) in [6, 6.07) is 5.19. The van der Waals surface area contributed by atoms with Crippen LogP contribution >= 0.6 is 0 Å². The highest BCUT2D eigenvalue weighted by Gasteiger charge is 2.29. The smallest absolute Gasteiger partial charge is 0.251 e. The molecule has 2 amide bonds. The second kappa shape index (κ2) is 10.3. The standard InChI is InChI=1S/C21H34N4O2/c1-5-7-12-25(4)13-8-11-22-20(26)16-9-10-17-18(14-16)24-21(27)19(23-17)15(3)6-2/h9-10,14-15,19,23H,5-8,11-13H2,1-4H3,(H,22,26)(H,24,27). The van der Waals surface area contributed by atoms with Gasteiger partial charge in [-0.1, -0.05) is 33.6 Å². The predicted octanol–water partition coefficient (Wildman–Crippen LogP) is 3.32. The quantitative estimate of drug-likeness (QED) is 0.549. The van der Waals surface area contributed by atoms with Gasteiger partial charge in [0.05, 0.1) is 11.4 Å². The highest BCUT2D eigenvalue weighted by atomic mass is 16.2. The summed E-state index contributed by atoms with van der Waals surface area (Å²) in [7, 11) is 2.11. The Hall–Kier alpha value is -2.08. The van der Waals surface area contributed by atoms with Gasteiger partial charge in [0, 0.05) is 12.1 Å². The van der Waals surface area contributed by atoms with Crippen molar-refractivity contribution >= 4 is 23.2 Å². The van der Waals surface area contributed by atoms with Gasteiger partial charge in [0.1, 0.15) is 6.04 Å². The van der Waals surface area contributed by atoms with Crippen LogP contribution in [-0.2, 0) is 4.79 Å². The van der Waals surface area contributed by atoms with Crippen LogP contribution in [0.25, 0.3) is 0 Å². The normalized spacial score (nSPS) is 17.1. The van der Waals surface area contributed by atoms with Crippen molar-refractivity contribution in [3.8, 4) is 0 Å². The van der Waals surface area contributed by atoms with E-state index in [1.807, 2.05) is 6.07 Å². The molecule has 6 nitrogen and oxygen atoms in total. The molecule has 150 valence electrons. The van der Waals surface area contributed by atoms with Crippen LogP contribution in [-0.4, -0.2) is 49.4 Å². The number of fused-ring (bicyclic) bond motifs is 1. The first-order valence-corrected chi connectivity index (χ1v) is 10.1. The molecule has 2 unspecified atom stereocenters. The molecule has 1 aromatic carbocycles. The molecular weight excluding hydrogens is 340 g/mol. The van der Waals surface area contributed by atoms with Crippen molar-refractivity contribution in [1.82, 2.24) is 10.2 Å². The largest absolute Gasteiger partial charge is 0.372 e. The van der Waals surface area contributed by atoms with Crippen molar-refractivity contribution < 1.29 is 9.59 Å². The molecule has 2 rings (SSSR count). The van der Waals surface area contributed by atoms with E-state index in [4.69, 9.17) is 0 Å². The molecule has 0 bridgehead atoms. The molecule has 1 aromatic rings.